The summed E-state index contributed by atoms with van der Waals surface area (Å²) in [4.78, 5) is 12.4. The minimum Gasteiger partial charge on any atom is -0.319 e. The van der Waals surface area contributed by atoms with E-state index in [9.17, 15) is 9.18 Å². The molecule has 2 aromatic rings. The number of anilines is 1. The molecule has 0 bridgehead atoms. The van der Waals surface area contributed by atoms with E-state index in [0.717, 1.165) is 12.0 Å². The summed E-state index contributed by atoms with van der Waals surface area (Å²) in [7, 11) is 1.76. The summed E-state index contributed by atoms with van der Waals surface area (Å²) in [5.41, 5.74) is 1.68. The molecular formula is C18H21FN4O. The van der Waals surface area contributed by atoms with Crippen molar-refractivity contribution in [2.75, 3.05) is 5.32 Å². The van der Waals surface area contributed by atoms with E-state index in [4.69, 9.17) is 0 Å². The molecule has 126 valence electrons. The molecule has 0 aliphatic heterocycles. The van der Waals surface area contributed by atoms with Crippen LogP contribution in [0.15, 0.2) is 30.6 Å². The summed E-state index contributed by atoms with van der Waals surface area (Å²) in [5, 5.41) is 10.3. The molecule has 4 rings (SSSR count). The molecule has 1 aromatic heterocycles. The predicted octanol–water partition coefficient (Wildman–Crippen LogP) is 2.81. The van der Waals surface area contributed by atoms with E-state index >= 15 is 0 Å². The minimum absolute atomic E-state index is 0.0886. The van der Waals surface area contributed by atoms with Gasteiger partial charge in [-0.15, -0.1) is 0 Å². The number of aryl methyl sites for hydroxylation is 1. The molecule has 2 saturated carbocycles. The predicted molar refractivity (Wildman–Crippen MR) is 89.5 cm³/mol. The Balaban J connectivity index is 1.46. The van der Waals surface area contributed by atoms with Gasteiger partial charge in [-0.25, -0.2) is 4.39 Å². The van der Waals surface area contributed by atoms with Gasteiger partial charge in [-0.2, -0.15) is 5.10 Å². The minimum atomic E-state index is -0.496. The fraction of sp³-hybridized carbons (Fsp3) is 0.444. The van der Waals surface area contributed by atoms with Crippen molar-refractivity contribution in [3.05, 3.63) is 47.5 Å². The van der Waals surface area contributed by atoms with Crippen LogP contribution in [-0.4, -0.2) is 27.8 Å². The van der Waals surface area contributed by atoms with Crippen LogP contribution in [0, 0.1) is 5.82 Å². The van der Waals surface area contributed by atoms with Crippen molar-refractivity contribution < 1.29 is 9.18 Å². The van der Waals surface area contributed by atoms with Crippen LogP contribution in [0.5, 0.6) is 0 Å². The third kappa shape index (κ3) is 3.06. The molecule has 6 heteroatoms. The van der Waals surface area contributed by atoms with E-state index < -0.39 is 11.7 Å². The largest absolute Gasteiger partial charge is 0.319 e. The molecule has 2 aliphatic rings. The smallest absolute Gasteiger partial charge is 0.258 e. The highest BCUT2D eigenvalue weighted by Crippen LogP contribution is 2.42. The Morgan fingerprint density at radius 3 is 2.88 bits per heavy atom. The Morgan fingerprint density at radius 2 is 2.21 bits per heavy atom. The highest BCUT2D eigenvalue weighted by atomic mass is 19.1. The molecule has 2 unspecified atom stereocenters. The van der Waals surface area contributed by atoms with Crippen LogP contribution in [0.4, 0.5) is 10.1 Å². The lowest BCUT2D eigenvalue weighted by Gasteiger charge is -2.26. The van der Waals surface area contributed by atoms with Crippen LogP contribution in [0.1, 0.15) is 47.5 Å². The van der Waals surface area contributed by atoms with Crippen LogP contribution in [0.25, 0.3) is 0 Å². The van der Waals surface area contributed by atoms with Crippen molar-refractivity contribution in [3.8, 4) is 0 Å². The second-order valence-corrected chi connectivity index (χ2v) is 6.84. The number of carbonyl (C=O) groups is 1. The first-order chi connectivity index (χ1) is 11.6. The SMILES string of the molecule is Cn1cc(NC(=O)c2cc(C3CC3NC3CCC3)ccc2F)cn1. The number of hydrogen-bond acceptors (Lipinski definition) is 3. The van der Waals surface area contributed by atoms with Crippen LogP contribution >= 0.6 is 0 Å². The van der Waals surface area contributed by atoms with Gasteiger partial charge in [0, 0.05) is 31.2 Å². The molecule has 1 aromatic carbocycles. The quantitative estimate of drug-likeness (QED) is 0.887. The normalized spacial score (nSPS) is 22.9. The fourth-order valence-electron chi connectivity index (χ4n) is 3.26. The Bertz CT molecular complexity index is 768. The average Bonchev–Trinajstić information content (AvgIpc) is 3.17. The van der Waals surface area contributed by atoms with Gasteiger partial charge in [0.1, 0.15) is 5.82 Å². The van der Waals surface area contributed by atoms with Crippen molar-refractivity contribution in [2.45, 2.75) is 43.7 Å². The Hall–Kier alpha value is -2.21. The summed E-state index contributed by atoms with van der Waals surface area (Å²) < 4.78 is 15.7. The van der Waals surface area contributed by atoms with Crippen LogP contribution in [-0.2, 0) is 7.05 Å². The van der Waals surface area contributed by atoms with Crippen LogP contribution in [0.3, 0.4) is 0 Å². The van der Waals surface area contributed by atoms with E-state index in [1.165, 1.54) is 25.3 Å². The average molecular weight is 328 g/mol. The highest BCUT2D eigenvalue weighted by Gasteiger charge is 2.40. The highest BCUT2D eigenvalue weighted by molar-refractivity contribution is 6.04. The van der Waals surface area contributed by atoms with E-state index in [0.29, 0.717) is 23.7 Å². The standard InChI is InChI=1S/C18H21FN4O/c1-23-10-13(9-20-23)22-18(24)15-7-11(5-6-16(15)19)14-8-17(14)21-12-3-2-4-12/h5-7,9-10,12,14,17,21H,2-4,8H2,1H3,(H,22,24). The van der Waals surface area contributed by atoms with Gasteiger partial charge in [-0.3, -0.25) is 9.48 Å². The maximum absolute atomic E-state index is 14.1. The topological polar surface area (TPSA) is 59.0 Å². The van der Waals surface area contributed by atoms with Crippen molar-refractivity contribution in [1.29, 1.82) is 0 Å². The molecule has 24 heavy (non-hydrogen) atoms. The zero-order valence-electron chi connectivity index (χ0n) is 13.6. The first-order valence-electron chi connectivity index (χ1n) is 8.45. The Morgan fingerprint density at radius 1 is 1.38 bits per heavy atom. The fourth-order valence-corrected chi connectivity index (χ4v) is 3.26. The Labute approximate surface area is 140 Å². The van der Waals surface area contributed by atoms with Crippen molar-refractivity contribution in [1.82, 2.24) is 15.1 Å². The number of nitrogens with one attached hydrogen (secondary N) is 2. The van der Waals surface area contributed by atoms with E-state index in [-0.39, 0.29) is 5.56 Å². The third-order valence-electron chi connectivity index (χ3n) is 4.97. The number of hydrogen-bond donors (Lipinski definition) is 2. The second kappa shape index (κ2) is 6.02. The molecule has 2 fully saturated rings. The Kier molecular flexibility index (Phi) is 3.84. The molecule has 1 amide bonds. The van der Waals surface area contributed by atoms with E-state index in [1.807, 2.05) is 0 Å². The molecular weight excluding hydrogens is 307 g/mol. The van der Waals surface area contributed by atoms with Gasteiger partial charge in [0.15, 0.2) is 0 Å². The molecule has 2 N–H and O–H groups in total. The summed E-state index contributed by atoms with van der Waals surface area (Å²) in [6.07, 6.45) is 8.10. The third-order valence-corrected chi connectivity index (χ3v) is 4.97. The zero-order chi connectivity index (χ0) is 16.7. The summed E-state index contributed by atoms with van der Waals surface area (Å²) in [6.45, 7) is 0. The molecule has 0 saturated heterocycles. The van der Waals surface area contributed by atoms with Crippen molar-refractivity contribution >= 4 is 11.6 Å². The zero-order valence-corrected chi connectivity index (χ0v) is 13.6. The van der Waals surface area contributed by atoms with Gasteiger partial charge in [-0.1, -0.05) is 12.5 Å². The summed E-state index contributed by atoms with van der Waals surface area (Å²) in [6, 6.07) is 5.99. The van der Waals surface area contributed by atoms with Gasteiger partial charge in [0.25, 0.3) is 5.91 Å². The molecule has 1 heterocycles. The number of amides is 1. The number of carbonyl (C=O) groups excluding carboxylic acids is 1. The van der Waals surface area contributed by atoms with Gasteiger partial charge in [-0.05, 0) is 37.0 Å². The van der Waals surface area contributed by atoms with Crippen LogP contribution < -0.4 is 10.6 Å². The lowest BCUT2D eigenvalue weighted by atomic mass is 9.93. The summed E-state index contributed by atoms with van der Waals surface area (Å²) >= 11 is 0. The first-order valence-corrected chi connectivity index (χ1v) is 8.45. The van der Waals surface area contributed by atoms with Gasteiger partial charge < -0.3 is 10.6 Å². The van der Waals surface area contributed by atoms with Gasteiger partial charge in [0.05, 0.1) is 17.4 Å². The van der Waals surface area contributed by atoms with Gasteiger partial charge in [0.2, 0.25) is 0 Å². The van der Waals surface area contributed by atoms with E-state index in [1.54, 1.807) is 36.3 Å². The lowest BCUT2D eigenvalue weighted by molar-refractivity contribution is 0.102. The lowest BCUT2D eigenvalue weighted by Crippen LogP contribution is -2.37. The molecule has 0 radical (unpaired) electrons. The number of halogens is 1. The number of rotatable bonds is 5. The molecule has 0 spiro atoms. The molecule has 5 nitrogen and oxygen atoms in total. The number of nitrogens with zero attached hydrogens (tertiary/aromatic N) is 2. The first kappa shape index (κ1) is 15.3. The van der Waals surface area contributed by atoms with Crippen molar-refractivity contribution in [3.63, 3.8) is 0 Å². The number of benzene rings is 1. The summed E-state index contributed by atoms with van der Waals surface area (Å²) in [5.74, 6) is -0.549. The van der Waals surface area contributed by atoms with Crippen LogP contribution in [0.2, 0.25) is 0 Å². The maximum Gasteiger partial charge on any atom is 0.258 e. The van der Waals surface area contributed by atoms with E-state index in [2.05, 4.69) is 15.7 Å². The maximum atomic E-state index is 14.1. The molecule has 2 aliphatic carbocycles. The monoisotopic (exact) mass is 328 g/mol. The van der Waals surface area contributed by atoms with Crippen molar-refractivity contribution in [2.24, 2.45) is 7.05 Å². The molecule has 2 atom stereocenters. The van der Waals surface area contributed by atoms with Gasteiger partial charge >= 0.3 is 0 Å². The number of aromatic nitrogens is 2. The second-order valence-electron chi connectivity index (χ2n) is 6.84.